The van der Waals surface area contributed by atoms with Crippen molar-refractivity contribution in [2.75, 3.05) is 13.7 Å². The summed E-state index contributed by atoms with van der Waals surface area (Å²) in [6, 6.07) is -0.0810. The number of hydrogen-bond donors (Lipinski definition) is 2. The summed E-state index contributed by atoms with van der Waals surface area (Å²) in [7, 11) is 1.44. The molecule has 198 valence electrons. The van der Waals surface area contributed by atoms with Crippen LogP contribution in [0.1, 0.15) is 104 Å². The van der Waals surface area contributed by atoms with Gasteiger partial charge in [-0.15, -0.1) is 0 Å². The standard InChI is InChI=1S/C30H50N2O3/c1-19(8-13-27(33)32-21-17-26(31-18-21)28(34)35-4)23-11-12-24-22-10-9-20-7-5-6-15-29(20,2)25(22)14-16-30(23,24)3/h19-26,31H,5-18H2,1-4H3,(H,32,33)/p+1/t19-,20?,21+,22?,23-,24?,25?,26+,29+,30-/m1/s1. The molecular weight excluding hydrogens is 436 g/mol. The first kappa shape index (κ1) is 25.5. The molecule has 1 aliphatic heterocycles. The highest BCUT2D eigenvalue weighted by atomic mass is 16.5. The van der Waals surface area contributed by atoms with Crippen LogP contribution in [0.25, 0.3) is 0 Å². The number of quaternary nitrogens is 1. The second-order valence-electron chi connectivity index (χ2n) is 13.7. The zero-order chi connectivity index (χ0) is 24.8. The van der Waals surface area contributed by atoms with Gasteiger partial charge in [0.25, 0.3) is 0 Å². The summed E-state index contributed by atoms with van der Waals surface area (Å²) in [6.07, 6.45) is 16.8. The summed E-state index contributed by atoms with van der Waals surface area (Å²) < 4.78 is 4.86. The smallest absolute Gasteiger partial charge is 0.364 e. The third-order valence-corrected chi connectivity index (χ3v) is 12.3. The van der Waals surface area contributed by atoms with Gasteiger partial charge in [-0.2, -0.15) is 0 Å². The third kappa shape index (κ3) is 4.57. The maximum atomic E-state index is 12.7. The fourth-order valence-corrected chi connectivity index (χ4v) is 10.4. The molecule has 0 aromatic heterocycles. The van der Waals surface area contributed by atoms with Crippen LogP contribution in [0, 0.1) is 46.3 Å². The summed E-state index contributed by atoms with van der Waals surface area (Å²) in [5.41, 5.74) is 1.10. The van der Waals surface area contributed by atoms with Crippen molar-refractivity contribution in [3.05, 3.63) is 0 Å². The molecule has 4 unspecified atom stereocenters. The third-order valence-electron chi connectivity index (χ3n) is 12.3. The highest BCUT2D eigenvalue weighted by Crippen LogP contribution is 2.68. The Bertz CT molecular complexity index is 800. The molecule has 5 fully saturated rings. The van der Waals surface area contributed by atoms with Crippen molar-refractivity contribution in [1.29, 1.82) is 0 Å². The van der Waals surface area contributed by atoms with E-state index >= 15 is 0 Å². The second kappa shape index (κ2) is 9.99. The average Bonchev–Trinajstić information content (AvgIpc) is 3.45. The van der Waals surface area contributed by atoms with E-state index in [9.17, 15) is 9.59 Å². The van der Waals surface area contributed by atoms with Gasteiger partial charge in [0.05, 0.1) is 19.7 Å². The van der Waals surface area contributed by atoms with E-state index in [0.717, 1.165) is 42.6 Å². The normalized spacial score (nSPS) is 45.7. The maximum absolute atomic E-state index is 12.7. The Balaban J connectivity index is 1.15. The highest BCUT2D eigenvalue weighted by Gasteiger charge is 2.60. The molecule has 0 aromatic carbocycles. The quantitative estimate of drug-likeness (QED) is 0.544. The van der Waals surface area contributed by atoms with Gasteiger partial charge in [-0.3, -0.25) is 4.79 Å². The predicted molar refractivity (Wildman–Crippen MR) is 137 cm³/mol. The Kier molecular flexibility index (Phi) is 7.29. The van der Waals surface area contributed by atoms with Crippen LogP contribution in [-0.2, 0) is 14.3 Å². The summed E-state index contributed by atoms with van der Waals surface area (Å²) in [5.74, 6) is 5.18. The van der Waals surface area contributed by atoms with Crippen LogP contribution in [0.4, 0.5) is 0 Å². The Labute approximate surface area is 213 Å². The van der Waals surface area contributed by atoms with Crippen molar-refractivity contribution in [3.8, 4) is 0 Å². The van der Waals surface area contributed by atoms with Crippen LogP contribution < -0.4 is 10.6 Å². The van der Waals surface area contributed by atoms with Crippen LogP contribution in [-0.4, -0.2) is 37.6 Å². The van der Waals surface area contributed by atoms with Crippen LogP contribution >= 0.6 is 0 Å². The zero-order valence-electron chi connectivity index (χ0n) is 22.8. The molecule has 1 amide bonds. The number of carbonyl (C=O) groups excluding carboxylic acids is 2. The largest absolute Gasteiger partial charge is 0.465 e. The second-order valence-corrected chi connectivity index (χ2v) is 13.7. The van der Waals surface area contributed by atoms with Gasteiger partial charge in [0.1, 0.15) is 0 Å². The molecule has 5 nitrogen and oxygen atoms in total. The van der Waals surface area contributed by atoms with E-state index in [1.807, 2.05) is 5.32 Å². The number of hydrogen-bond acceptors (Lipinski definition) is 3. The summed E-state index contributed by atoms with van der Waals surface area (Å²) in [6.45, 7) is 8.51. The topological polar surface area (TPSA) is 72.0 Å². The van der Waals surface area contributed by atoms with Gasteiger partial charge in [-0.25, -0.2) is 4.79 Å². The van der Waals surface area contributed by atoms with Gasteiger partial charge in [-0.1, -0.05) is 33.6 Å². The van der Waals surface area contributed by atoms with Crippen molar-refractivity contribution in [3.63, 3.8) is 0 Å². The van der Waals surface area contributed by atoms with Crippen molar-refractivity contribution >= 4 is 11.9 Å². The lowest BCUT2D eigenvalue weighted by atomic mass is 9.44. The Morgan fingerprint density at radius 2 is 1.80 bits per heavy atom. The molecule has 35 heavy (non-hydrogen) atoms. The van der Waals surface area contributed by atoms with Gasteiger partial charge < -0.3 is 15.4 Å². The van der Waals surface area contributed by atoms with E-state index in [4.69, 9.17) is 4.74 Å². The first-order valence-corrected chi connectivity index (χ1v) is 15.0. The van der Waals surface area contributed by atoms with Crippen molar-refractivity contribution in [1.82, 2.24) is 5.32 Å². The lowest BCUT2D eigenvalue weighted by molar-refractivity contribution is -0.659. The first-order chi connectivity index (χ1) is 16.8. The number of rotatable bonds is 6. The fraction of sp³-hybridized carbons (Fsp3) is 0.933. The van der Waals surface area contributed by atoms with E-state index in [-0.39, 0.29) is 24.0 Å². The van der Waals surface area contributed by atoms with Crippen LogP contribution in [0.15, 0.2) is 0 Å². The molecule has 0 radical (unpaired) electrons. The minimum atomic E-state index is -0.180. The molecule has 4 aliphatic carbocycles. The molecule has 5 heteroatoms. The Hall–Kier alpha value is -1.10. The number of carbonyl (C=O) groups is 2. The molecule has 3 N–H and O–H groups in total. The fourth-order valence-electron chi connectivity index (χ4n) is 10.4. The van der Waals surface area contributed by atoms with E-state index in [1.54, 1.807) is 0 Å². The molecule has 0 bridgehead atoms. The van der Waals surface area contributed by atoms with Gasteiger partial charge in [0, 0.05) is 12.8 Å². The van der Waals surface area contributed by atoms with Crippen molar-refractivity contribution < 1.29 is 19.6 Å². The lowest BCUT2D eigenvalue weighted by Gasteiger charge is -2.61. The van der Waals surface area contributed by atoms with E-state index in [2.05, 4.69) is 26.1 Å². The SMILES string of the molecule is COC(=O)[C@@H]1C[C@H](NC(=O)CC[C@@H](C)[C@H]2CCC3C4CCC5CCCC[C@]5(C)C4CC[C@@]32C)C[NH2+]1. The summed E-state index contributed by atoms with van der Waals surface area (Å²) >= 11 is 0. The number of methoxy groups -OCH3 is 1. The van der Waals surface area contributed by atoms with Crippen molar-refractivity contribution in [2.24, 2.45) is 46.3 Å². The average molecular weight is 488 g/mol. The molecular formula is C30H51N2O3+. The number of esters is 1. The molecule has 1 saturated heterocycles. The van der Waals surface area contributed by atoms with E-state index < -0.39 is 0 Å². The lowest BCUT2D eigenvalue weighted by Crippen LogP contribution is -2.89. The number of fused-ring (bicyclic) bond motifs is 5. The van der Waals surface area contributed by atoms with Gasteiger partial charge >= 0.3 is 5.97 Å². The molecule has 1 heterocycles. The molecule has 4 saturated carbocycles. The predicted octanol–water partition coefficient (Wildman–Crippen LogP) is 4.45. The molecule has 5 aliphatic rings. The zero-order valence-corrected chi connectivity index (χ0v) is 22.8. The minimum absolute atomic E-state index is 0.0850. The van der Waals surface area contributed by atoms with E-state index in [0.29, 0.717) is 29.6 Å². The van der Waals surface area contributed by atoms with Gasteiger partial charge in [0.15, 0.2) is 6.04 Å². The number of nitrogens with one attached hydrogen (secondary N) is 1. The molecule has 5 rings (SSSR count). The number of ether oxygens (including phenoxy) is 1. The minimum Gasteiger partial charge on any atom is -0.465 e. The van der Waals surface area contributed by atoms with Crippen LogP contribution in [0.5, 0.6) is 0 Å². The van der Waals surface area contributed by atoms with E-state index in [1.165, 1.54) is 71.3 Å². The number of nitrogens with two attached hydrogens (primary N) is 1. The highest BCUT2D eigenvalue weighted by molar-refractivity contribution is 5.77. The van der Waals surface area contributed by atoms with Gasteiger partial charge in [-0.05, 0) is 104 Å². The summed E-state index contributed by atoms with van der Waals surface area (Å²) in [4.78, 5) is 24.5. The Morgan fingerprint density at radius 1 is 1.00 bits per heavy atom. The summed E-state index contributed by atoms with van der Waals surface area (Å²) in [5, 5.41) is 5.19. The molecule has 0 aromatic rings. The number of amides is 1. The van der Waals surface area contributed by atoms with Gasteiger partial charge in [0.2, 0.25) is 5.91 Å². The molecule has 10 atom stereocenters. The monoisotopic (exact) mass is 487 g/mol. The molecule has 0 spiro atoms. The van der Waals surface area contributed by atoms with Crippen LogP contribution in [0.3, 0.4) is 0 Å². The first-order valence-electron chi connectivity index (χ1n) is 15.0. The Morgan fingerprint density at radius 3 is 2.60 bits per heavy atom. The van der Waals surface area contributed by atoms with Crippen molar-refractivity contribution in [2.45, 2.75) is 116 Å². The van der Waals surface area contributed by atoms with Crippen LogP contribution in [0.2, 0.25) is 0 Å². The maximum Gasteiger partial charge on any atom is 0.364 e.